The summed E-state index contributed by atoms with van der Waals surface area (Å²) in [5.41, 5.74) is 1.44. The Morgan fingerprint density at radius 1 is 1.05 bits per heavy atom. The summed E-state index contributed by atoms with van der Waals surface area (Å²) in [5.74, 6) is -0.327. The first-order chi connectivity index (χ1) is 18.5. The molecule has 3 rings (SSSR count). The summed E-state index contributed by atoms with van der Waals surface area (Å²) in [6.07, 6.45) is 3.97. The molecule has 10 nitrogen and oxygen atoms in total. The Hall–Kier alpha value is -4.18. The monoisotopic (exact) mass is 522 g/mol. The second-order valence-electron chi connectivity index (χ2n) is 8.61. The van der Waals surface area contributed by atoms with Gasteiger partial charge in [0.1, 0.15) is 12.3 Å². The number of hydrogen-bond acceptors (Lipinski definition) is 7. The minimum atomic E-state index is -0.492. The lowest BCUT2D eigenvalue weighted by molar-refractivity contribution is -0.182. The summed E-state index contributed by atoms with van der Waals surface area (Å²) in [7, 11) is 1.52. The normalized spacial score (nSPS) is 11.4. The molecule has 0 aliphatic heterocycles. The molecule has 2 N–H and O–H groups in total. The fourth-order valence-corrected chi connectivity index (χ4v) is 3.73. The highest BCUT2D eigenvalue weighted by molar-refractivity contribution is 5.92. The highest BCUT2D eigenvalue weighted by Crippen LogP contribution is 2.22. The molecule has 0 spiro atoms. The van der Waals surface area contributed by atoms with E-state index in [1.54, 1.807) is 24.3 Å². The Balaban J connectivity index is 1.52. The van der Waals surface area contributed by atoms with Crippen LogP contribution in [0.15, 0.2) is 65.1 Å². The van der Waals surface area contributed by atoms with Gasteiger partial charge in [0.2, 0.25) is 18.2 Å². The largest absolute Gasteiger partial charge is 0.481 e. The van der Waals surface area contributed by atoms with E-state index < -0.39 is 11.8 Å². The molecule has 10 heteroatoms. The maximum atomic E-state index is 12.9. The van der Waals surface area contributed by atoms with Gasteiger partial charge < -0.3 is 19.8 Å². The van der Waals surface area contributed by atoms with Crippen molar-refractivity contribution in [2.45, 2.75) is 39.2 Å². The van der Waals surface area contributed by atoms with Crippen LogP contribution in [0.3, 0.4) is 0 Å². The lowest BCUT2D eigenvalue weighted by Crippen LogP contribution is -2.43. The summed E-state index contributed by atoms with van der Waals surface area (Å²) in [4.78, 5) is 47.0. The van der Waals surface area contributed by atoms with Gasteiger partial charge in [0.15, 0.2) is 11.5 Å². The standard InChI is InChI=1S/C28H34N4O6/c1-3-4-6-12-22(17-32(20-33)37-18-21-10-7-5-8-11-21)27(34)29-19-30-28(35)25-16-15-24(38-25)23-13-9-14-26(31-23)36-2/h5,7-11,13-16,20,22H,3-4,6,12,17-19H2,1-2H3,(H,29,34)(H,30,35). The van der Waals surface area contributed by atoms with Crippen LogP contribution in [-0.4, -0.2) is 48.6 Å². The zero-order valence-electron chi connectivity index (χ0n) is 21.7. The van der Waals surface area contributed by atoms with Crippen LogP contribution in [0, 0.1) is 5.92 Å². The molecule has 0 radical (unpaired) electrons. The fourth-order valence-electron chi connectivity index (χ4n) is 3.73. The number of carbonyl (C=O) groups is 3. The van der Waals surface area contributed by atoms with Gasteiger partial charge in [0, 0.05) is 6.07 Å². The topological polar surface area (TPSA) is 123 Å². The smallest absolute Gasteiger partial charge is 0.288 e. The quantitative estimate of drug-likeness (QED) is 0.126. The molecule has 1 aromatic carbocycles. The molecule has 3 amide bonds. The molecule has 1 unspecified atom stereocenters. The number of carbonyl (C=O) groups excluding carboxylic acids is 3. The predicted molar refractivity (Wildman–Crippen MR) is 141 cm³/mol. The van der Waals surface area contributed by atoms with Crippen LogP contribution in [0.2, 0.25) is 0 Å². The van der Waals surface area contributed by atoms with E-state index >= 15 is 0 Å². The summed E-state index contributed by atoms with van der Waals surface area (Å²) in [5, 5.41) is 6.51. The van der Waals surface area contributed by atoms with Crippen LogP contribution in [0.5, 0.6) is 5.88 Å². The van der Waals surface area contributed by atoms with Crippen molar-refractivity contribution in [3.8, 4) is 17.3 Å². The fraction of sp³-hybridized carbons (Fsp3) is 0.357. The molecule has 2 aromatic heterocycles. The number of hydrogen-bond donors (Lipinski definition) is 2. The molecular weight excluding hydrogens is 488 g/mol. The number of methoxy groups -OCH3 is 1. The molecular formula is C28H34N4O6. The van der Waals surface area contributed by atoms with Crippen LogP contribution in [-0.2, 0) is 21.0 Å². The number of nitrogens with one attached hydrogen (secondary N) is 2. The molecule has 0 fully saturated rings. The van der Waals surface area contributed by atoms with Crippen molar-refractivity contribution >= 4 is 18.2 Å². The molecule has 0 aliphatic carbocycles. The van der Waals surface area contributed by atoms with Crippen molar-refractivity contribution in [2.24, 2.45) is 5.92 Å². The SMILES string of the molecule is CCCCCC(CN(C=O)OCc1ccccc1)C(=O)NCNC(=O)c1ccc(-c2cccc(OC)n2)o1. The summed E-state index contributed by atoms with van der Waals surface area (Å²) < 4.78 is 10.7. The molecule has 202 valence electrons. The predicted octanol–water partition coefficient (Wildman–Crippen LogP) is 3.94. The number of nitrogens with zero attached hydrogens (tertiary/aromatic N) is 2. The van der Waals surface area contributed by atoms with Gasteiger partial charge in [-0.05, 0) is 30.2 Å². The average molecular weight is 523 g/mol. The Labute approximate surface area is 222 Å². The van der Waals surface area contributed by atoms with E-state index in [1.165, 1.54) is 13.2 Å². The molecule has 0 saturated heterocycles. The van der Waals surface area contributed by atoms with Crippen molar-refractivity contribution in [3.63, 3.8) is 0 Å². The number of aromatic nitrogens is 1. The highest BCUT2D eigenvalue weighted by Gasteiger charge is 2.22. The molecule has 2 heterocycles. The number of pyridine rings is 1. The van der Waals surface area contributed by atoms with Crippen LogP contribution >= 0.6 is 0 Å². The summed E-state index contributed by atoms with van der Waals surface area (Å²) in [6, 6.07) is 17.9. The van der Waals surface area contributed by atoms with Crippen LogP contribution in [0.25, 0.3) is 11.5 Å². The van der Waals surface area contributed by atoms with E-state index in [4.69, 9.17) is 14.0 Å². The zero-order chi connectivity index (χ0) is 27.2. The Kier molecular flexibility index (Phi) is 11.3. The van der Waals surface area contributed by atoms with Crippen LogP contribution in [0.1, 0.15) is 48.7 Å². The number of furan rings is 1. The van der Waals surface area contributed by atoms with Gasteiger partial charge in [-0.25, -0.2) is 10.0 Å². The number of rotatable bonds is 16. The third kappa shape index (κ3) is 8.74. The van der Waals surface area contributed by atoms with Crippen LogP contribution < -0.4 is 15.4 Å². The van der Waals surface area contributed by atoms with E-state index in [9.17, 15) is 14.4 Å². The van der Waals surface area contributed by atoms with Crippen molar-refractivity contribution in [3.05, 3.63) is 72.0 Å². The van der Waals surface area contributed by atoms with Crippen LogP contribution in [0.4, 0.5) is 0 Å². The second-order valence-corrected chi connectivity index (χ2v) is 8.61. The maximum Gasteiger partial charge on any atom is 0.288 e. The first-order valence-electron chi connectivity index (χ1n) is 12.6. The van der Waals surface area contributed by atoms with E-state index in [0.717, 1.165) is 29.9 Å². The Morgan fingerprint density at radius 3 is 2.61 bits per heavy atom. The van der Waals surface area contributed by atoms with Crippen molar-refractivity contribution < 1.29 is 28.4 Å². The first-order valence-corrected chi connectivity index (χ1v) is 12.6. The number of hydroxylamine groups is 2. The lowest BCUT2D eigenvalue weighted by Gasteiger charge is -2.23. The molecule has 1 atom stereocenters. The maximum absolute atomic E-state index is 12.9. The first kappa shape index (κ1) is 28.4. The zero-order valence-corrected chi connectivity index (χ0v) is 21.7. The van der Waals surface area contributed by atoms with Crippen molar-refractivity contribution in [1.82, 2.24) is 20.7 Å². The third-order valence-electron chi connectivity index (χ3n) is 5.81. The van der Waals surface area contributed by atoms with E-state index in [-0.39, 0.29) is 31.5 Å². The highest BCUT2D eigenvalue weighted by atomic mass is 16.7. The van der Waals surface area contributed by atoms with Gasteiger partial charge in [0.05, 0.1) is 26.2 Å². The minimum absolute atomic E-state index is 0.0832. The van der Waals surface area contributed by atoms with Gasteiger partial charge in [-0.1, -0.05) is 62.6 Å². The second kappa shape index (κ2) is 15.2. The molecule has 38 heavy (non-hydrogen) atoms. The molecule has 0 bridgehead atoms. The lowest BCUT2D eigenvalue weighted by atomic mass is 10.0. The Bertz CT molecular complexity index is 1170. The average Bonchev–Trinajstić information content (AvgIpc) is 3.45. The van der Waals surface area contributed by atoms with Crippen molar-refractivity contribution in [2.75, 3.05) is 20.3 Å². The number of amides is 3. The van der Waals surface area contributed by atoms with E-state index in [0.29, 0.717) is 30.2 Å². The van der Waals surface area contributed by atoms with E-state index in [1.807, 2.05) is 30.3 Å². The summed E-state index contributed by atoms with van der Waals surface area (Å²) in [6.45, 7) is 2.31. The molecule has 0 saturated carbocycles. The van der Waals surface area contributed by atoms with E-state index in [2.05, 4.69) is 22.5 Å². The molecule has 3 aromatic rings. The van der Waals surface area contributed by atoms with Gasteiger partial charge >= 0.3 is 0 Å². The number of benzene rings is 1. The summed E-state index contributed by atoms with van der Waals surface area (Å²) >= 11 is 0. The number of unbranched alkanes of at least 4 members (excludes halogenated alkanes) is 2. The van der Waals surface area contributed by atoms with Gasteiger partial charge in [-0.2, -0.15) is 0 Å². The van der Waals surface area contributed by atoms with Gasteiger partial charge in [-0.15, -0.1) is 0 Å². The van der Waals surface area contributed by atoms with Gasteiger partial charge in [-0.3, -0.25) is 19.2 Å². The number of ether oxygens (including phenoxy) is 1. The third-order valence-corrected chi connectivity index (χ3v) is 5.81. The van der Waals surface area contributed by atoms with Crippen molar-refractivity contribution in [1.29, 1.82) is 0 Å². The van der Waals surface area contributed by atoms with Gasteiger partial charge in [0.25, 0.3) is 5.91 Å². The Morgan fingerprint density at radius 2 is 1.87 bits per heavy atom. The minimum Gasteiger partial charge on any atom is -0.481 e. The molecule has 0 aliphatic rings.